The number of ether oxygens (including phenoxy) is 1. The van der Waals surface area contributed by atoms with E-state index >= 15 is 0 Å². The first-order valence-electron chi connectivity index (χ1n) is 6.32. The number of aromatic amines is 1. The molecule has 4 nitrogen and oxygen atoms in total. The van der Waals surface area contributed by atoms with Gasteiger partial charge in [-0.3, -0.25) is 4.79 Å². The molecule has 2 aromatic carbocycles. The average molecular weight is 266 g/mol. The second kappa shape index (κ2) is 5.09. The van der Waals surface area contributed by atoms with Crippen molar-refractivity contribution in [1.82, 2.24) is 4.98 Å². The van der Waals surface area contributed by atoms with Gasteiger partial charge < -0.3 is 15.5 Å². The highest BCUT2D eigenvalue weighted by atomic mass is 16.5. The fourth-order valence-electron chi connectivity index (χ4n) is 2.13. The van der Waals surface area contributed by atoms with Crippen LogP contribution in [0.25, 0.3) is 10.9 Å². The average Bonchev–Trinajstić information content (AvgIpc) is 2.89. The first-order valence-corrected chi connectivity index (χ1v) is 6.32. The van der Waals surface area contributed by atoms with Crippen LogP contribution in [-0.2, 0) is 0 Å². The van der Waals surface area contributed by atoms with Gasteiger partial charge in [-0.2, -0.15) is 0 Å². The predicted molar refractivity (Wildman–Crippen MR) is 79.0 cm³/mol. The van der Waals surface area contributed by atoms with Gasteiger partial charge in [0.05, 0.1) is 0 Å². The highest BCUT2D eigenvalue weighted by molar-refractivity contribution is 6.08. The van der Waals surface area contributed by atoms with Crippen LogP contribution in [0.5, 0.6) is 5.75 Å². The molecule has 3 aromatic rings. The smallest absolute Gasteiger partial charge is 0.202 e. The predicted octanol–water partition coefficient (Wildman–Crippen LogP) is 3.01. The summed E-state index contributed by atoms with van der Waals surface area (Å²) in [5, 5.41) is 0.911. The van der Waals surface area contributed by atoms with E-state index in [0.717, 1.165) is 10.9 Å². The van der Waals surface area contributed by atoms with Crippen molar-refractivity contribution in [2.24, 2.45) is 0 Å². The third kappa shape index (κ3) is 2.36. The van der Waals surface area contributed by atoms with Gasteiger partial charge >= 0.3 is 0 Å². The fourth-order valence-corrected chi connectivity index (χ4v) is 2.13. The molecule has 3 rings (SSSR count). The molecule has 0 saturated carbocycles. The number of fused-ring (bicyclic) bond motifs is 1. The Morgan fingerprint density at radius 3 is 2.85 bits per heavy atom. The summed E-state index contributed by atoms with van der Waals surface area (Å²) >= 11 is 0. The molecule has 20 heavy (non-hydrogen) atoms. The maximum Gasteiger partial charge on any atom is 0.202 e. The molecule has 0 saturated heterocycles. The summed E-state index contributed by atoms with van der Waals surface area (Å²) in [5.74, 6) is 0.531. The topological polar surface area (TPSA) is 68.1 Å². The molecular weight excluding hydrogens is 252 g/mol. The van der Waals surface area contributed by atoms with Gasteiger partial charge in [-0.15, -0.1) is 0 Å². The molecule has 0 aliphatic rings. The molecule has 1 aromatic heterocycles. The minimum absolute atomic E-state index is 0.00863. The highest BCUT2D eigenvalue weighted by Gasteiger charge is 2.12. The van der Waals surface area contributed by atoms with E-state index in [4.69, 9.17) is 10.5 Å². The zero-order valence-corrected chi connectivity index (χ0v) is 10.8. The Kier molecular flexibility index (Phi) is 3.13. The first-order chi connectivity index (χ1) is 9.74. The second-order valence-corrected chi connectivity index (χ2v) is 4.53. The van der Waals surface area contributed by atoms with E-state index in [-0.39, 0.29) is 12.4 Å². The van der Waals surface area contributed by atoms with Crippen molar-refractivity contribution in [3.05, 3.63) is 60.3 Å². The lowest BCUT2D eigenvalue weighted by Gasteiger charge is -2.05. The van der Waals surface area contributed by atoms with Crippen molar-refractivity contribution < 1.29 is 9.53 Å². The number of carbonyl (C=O) groups excluding carboxylic acids is 1. The molecule has 0 amide bonds. The molecule has 0 unspecified atom stereocenters. The largest absolute Gasteiger partial charge is 0.485 e. The standard InChI is InChI=1S/C16H14N2O2/c17-11-4-3-5-12(8-11)20-10-16(19)14-9-18-15-7-2-1-6-13(14)15/h1-9,18H,10,17H2. The maximum absolute atomic E-state index is 12.2. The van der Waals surface area contributed by atoms with Gasteiger partial charge in [0.25, 0.3) is 0 Å². The molecule has 0 aliphatic carbocycles. The van der Waals surface area contributed by atoms with Gasteiger partial charge in [0.2, 0.25) is 5.78 Å². The minimum atomic E-state index is -0.0649. The van der Waals surface area contributed by atoms with Gasteiger partial charge in [-0.25, -0.2) is 0 Å². The van der Waals surface area contributed by atoms with Crippen LogP contribution < -0.4 is 10.5 Å². The van der Waals surface area contributed by atoms with Gasteiger partial charge in [0.15, 0.2) is 6.61 Å². The summed E-state index contributed by atoms with van der Waals surface area (Å²) in [4.78, 5) is 15.3. The fraction of sp³-hybridized carbons (Fsp3) is 0.0625. The van der Waals surface area contributed by atoms with Crippen LogP contribution >= 0.6 is 0 Å². The van der Waals surface area contributed by atoms with E-state index < -0.39 is 0 Å². The first kappa shape index (κ1) is 12.3. The third-order valence-electron chi connectivity index (χ3n) is 3.12. The minimum Gasteiger partial charge on any atom is -0.485 e. The van der Waals surface area contributed by atoms with Crippen molar-refractivity contribution in [2.75, 3.05) is 12.3 Å². The van der Waals surface area contributed by atoms with Crippen molar-refractivity contribution >= 4 is 22.4 Å². The Morgan fingerprint density at radius 2 is 2.00 bits per heavy atom. The summed E-state index contributed by atoms with van der Waals surface area (Å²) in [6.07, 6.45) is 1.72. The van der Waals surface area contributed by atoms with E-state index in [9.17, 15) is 4.79 Å². The summed E-state index contributed by atoms with van der Waals surface area (Å²) in [7, 11) is 0. The van der Waals surface area contributed by atoms with Gasteiger partial charge in [-0.1, -0.05) is 24.3 Å². The number of aromatic nitrogens is 1. The second-order valence-electron chi connectivity index (χ2n) is 4.53. The Bertz CT molecular complexity index is 762. The number of anilines is 1. The number of Topliss-reactive ketones (excluding diaryl/α,β-unsaturated/α-hetero) is 1. The highest BCUT2D eigenvalue weighted by Crippen LogP contribution is 2.19. The Labute approximate surface area is 116 Å². The van der Waals surface area contributed by atoms with Crippen LogP contribution in [0.4, 0.5) is 5.69 Å². The van der Waals surface area contributed by atoms with Crippen molar-refractivity contribution in [3.63, 3.8) is 0 Å². The van der Waals surface area contributed by atoms with Crippen LogP contribution in [0, 0.1) is 0 Å². The van der Waals surface area contributed by atoms with E-state index in [1.165, 1.54) is 0 Å². The van der Waals surface area contributed by atoms with Crippen LogP contribution in [0.3, 0.4) is 0 Å². The van der Waals surface area contributed by atoms with E-state index in [1.807, 2.05) is 24.3 Å². The van der Waals surface area contributed by atoms with Crippen molar-refractivity contribution in [1.29, 1.82) is 0 Å². The lowest BCUT2D eigenvalue weighted by Crippen LogP contribution is -2.11. The molecule has 0 fully saturated rings. The normalized spacial score (nSPS) is 10.6. The summed E-state index contributed by atoms with van der Waals surface area (Å²) in [6, 6.07) is 14.7. The molecule has 0 atom stereocenters. The molecule has 1 heterocycles. The number of hydrogen-bond donors (Lipinski definition) is 2. The summed E-state index contributed by atoms with van der Waals surface area (Å²) in [5.41, 5.74) is 7.86. The van der Waals surface area contributed by atoms with Gasteiger partial charge in [0, 0.05) is 34.4 Å². The lowest BCUT2D eigenvalue weighted by atomic mass is 10.1. The number of H-pyrrole nitrogens is 1. The summed E-state index contributed by atoms with van der Waals surface area (Å²) < 4.78 is 5.48. The third-order valence-corrected chi connectivity index (χ3v) is 3.12. The lowest BCUT2D eigenvalue weighted by molar-refractivity contribution is 0.0923. The molecular formula is C16H14N2O2. The molecule has 4 heteroatoms. The maximum atomic E-state index is 12.2. The number of para-hydroxylation sites is 1. The Hall–Kier alpha value is -2.75. The number of rotatable bonds is 4. The zero-order valence-electron chi connectivity index (χ0n) is 10.8. The molecule has 0 radical (unpaired) electrons. The van der Waals surface area contributed by atoms with Crippen LogP contribution in [0.15, 0.2) is 54.7 Å². The van der Waals surface area contributed by atoms with Crippen LogP contribution in [-0.4, -0.2) is 17.4 Å². The number of hydrogen-bond acceptors (Lipinski definition) is 3. The molecule has 3 N–H and O–H groups in total. The number of nitrogen functional groups attached to an aromatic ring is 1. The Morgan fingerprint density at radius 1 is 1.15 bits per heavy atom. The van der Waals surface area contributed by atoms with Crippen molar-refractivity contribution in [3.8, 4) is 5.75 Å². The molecule has 0 bridgehead atoms. The van der Waals surface area contributed by atoms with E-state index in [0.29, 0.717) is 17.0 Å². The molecule has 0 spiro atoms. The van der Waals surface area contributed by atoms with Crippen LogP contribution in [0.2, 0.25) is 0 Å². The number of ketones is 1. The number of nitrogens with one attached hydrogen (secondary N) is 1. The molecule has 0 aliphatic heterocycles. The monoisotopic (exact) mass is 266 g/mol. The van der Waals surface area contributed by atoms with Crippen LogP contribution in [0.1, 0.15) is 10.4 Å². The quantitative estimate of drug-likeness (QED) is 0.563. The van der Waals surface area contributed by atoms with Gasteiger partial charge in [-0.05, 0) is 18.2 Å². The number of carbonyl (C=O) groups is 1. The zero-order chi connectivity index (χ0) is 13.9. The SMILES string of the molecule is Nc1cccc(OCC(=O)c2c[nH]c3ccccc23)c1. The van der Waals surface area contributed by atoms with Crippen molar-refractivity contribution in [2.45, 2.75) is 0 Å². The van der Waals surface area contributed by atoms with E-state index in [1.54, 1.807) is 30.5 Å². The Balaban J connectivity index is 1.76. The number of benzene rings is 2. The van der Waals surface area contributed by atoms with Gasteiger partial charge in [0.1, 0.15) is 5.75 Å². The summed E-state index contributed by atoms with van der Waals surface area (Å²) in [6.45, 7) is -0.00863. The number of nitrogens with two attached hydrogens (primary N) is 1. The van der Waals surface area contributed by atoms with E-state index in [2.05, 4.69) is 4.98 Å². The molecule has 100 valence electrons.